The number of rotatable bonds is 5. The first-order valence-corrected chi connectivity index (χ1v) is 13.0. The summed E-state index contributed by atoms with van der Waals surface area (Å²) in [6.45, 7) is 9.63. The zero-order valence-corrected chi connectivity index (χ0v) is 22.2. The molecule has 1 aliphatic heterocycles. The summed E-state index contributed by atoms with van der Waals surface area (Å²) in [5.41, 5.74) is 5.98. The van der Waals surface area contributed by atoms with Gasteiger partial charge in [-0.3, -0.25) is 14.2 Å². The average molecular weight is 513 g/mol. The molecule has 1 aromatic heterocycles. The third-order valence-corrected chi connectivity index (χ3v) is 7.15. The van der Waals surface area contributed by atoms with Crippen LogP contribution in [0.25, 0.3) is 22.0 Å². The van der Waals surface area contributed by atoms with E-state index in [1.807, 2.05) is 43.3 Å². The van der Waals surface area contributed by atoms with Gasteiger partial charge in [0.2, 0.25) is 5.91 Å². The SMILES string of the molecule is CC(=O)NCc1ccc(-c2ccc(C(=O)n3ccc4cc(F)c(N5C[C@@H](C)N[C@@H](C)C5)cc43)cc2)c(C)c1. The third kappa shape index (κ3) is 5.20. The Balaban J connectivity index is 1.40. The minimum atomic E-state index is -0.271. The van der Waals surface area contributed by atoms with Crippen LogP contribution in [0.3, 0.4) is 0 Å². The molecule has 0 aliphatic carbocycles. The topological polar surface area (TPSA) is 66.4 Å². The number of aromatic nitrogens is 1. The van der Waals surface area contributed by atoms with Crippen LogP contribution in [-0.4, -0.2) is 41.6 Å². The van der Waals surface area contributed by atoms with Gasteiger partial charge in [-0.2, -0.15) is 0 Å². The maximum absolute atomic E-state index is 15.1. The van der Waals surface area contributed by atoms with Gasteiger partial charge >= 0.3 is 0 Å². The van der Waals surface area contributed by atoms with Crippen molar-refractivity contribution >= 4 is 28.4 Å². The molecule has 3 aromatic carbocycles. The molecule has 2 N–H and O–H groups in total. The molecule has 4 aromatic rings. The lowest BCUT2D eigenvalue weighted by Gasteiger charge is -2.37. The van der Waals surface area contributed by atoms with Crippen LogP contribution >= 0.6 is 0 Å². The minimum Gasteiger partial charge on any atom is -0.366 e. The molecule has 196 valence electrons. The van der Waals surface area contributed by atoms with Crippen molar-refractivity contribution in [2.45, 2.75) is 46.3 Å². The lowest BCUT2D eigenvalue weighted by atomic mass is 9.97. The molecule has 1 amide bonds. The predicted octanol–water partition coefficient (Wildman–Crippen LogP) is 5.27. The highest BCUT2D eigenvalue weighted by molar-refractivity contribution is 6.03. The summed E-state index contributed by atoms with van der Waals surface area (Å²) in [5, 5.41) is 6.99. The average Bonchev–Trinajstić information content (AvgIpc) is 3.28. The minimum absolute atomic E-state index is 0.0585. The Kier molecular flexibility index (Phi) is 7.04. The summed E-state index contributed by atoms with van der Waals surface area (Å²) < 4.78 is 16.7. The molecule has 2 atom stereocenters. The number of hydrogen-bond donors (Lipinski definition) is 2. The molecule has 5 rings (SSSR count). The summed E-state index contributed by atoms with van der Waals surface area (Å²) in [6.07, 6.45) is 1.71. The van der Waals surface area contributed by atoms with E-state index in [9.17, 15) is 9.59 Å². The van der Waals surface area contributed by atoms with Crippen molar-refractivity contribution in [2.24, 2.45) is 0 Å². The Labute approximate surface area is 222 Å². The van der Waals surface area contributed by atoms with Crippen LogP contribution in [0.4, 0.5) is 10.1 Å². The van der Waals surface area contributed by atoms with Gasteiger partial charge < -0.3 is 15.5 Å². The second kappa shape index (κ2) is 10.4. The van der Waals surface area contributed by atoms with Crippen LogP contribution in [0.15, 0.2) is 66.9 Å². The van der Waals surface area contributed by atoms with Gasteiger partial charge in [-0.1, -0.05) is 30.3 Å². The molecule has 1 aliphatic rings. The van der Waals surface area contributed by atoms with Crippen molar-refractivity contribution in [3.63, 3.8) is 0 Å². The Morgan fingerprint density at radius 2 is 1.71 bits per heavy atom. The molecule has 6 nitrogen and oxygen atoms in total. The number of nitrogens with one attached hydrogen (secondary N) is 2. The molecule has 7 heteroatoms. The number of carbonyl (C=O) groups excluding carboxylic acids is 2. The molecule has 1 saturated heterocycles. The molecule has 1 fully saturated rings. The van der Waals surface area contributed by atoms with E-state index < -0.39 is 0 Å². The number of nitrogens with zero attached hydrogens (tertiary/aromatic N) is 2. The molecule has 0 saturated carbocycles. The Morgan fingerprint density at radius 1 is 1.00 bits per heavy atom. The van der Waals surface area contributed by atoms with E-state index in [2.05, 4.69) is 35.4 Å². The second-order valence-electron chi connectivity index (χ2n) is 10.4. The highest BCUT2D eigenvalue weighted by atomic mass is 19.1. The van der Waals surface area contributed by atoms with Gasteiger partial charge in [0.15, 0.2) is 0 Å². The molecular formula is C31H33FN4O2. The summed E-state index contributed by atoms with van der Waals surface area (Å²) >= 11 is 0. The van der Waals surface area contributed by atoms with Gasteiger partial charge in [-0.05, 0) is 73.4 Å². The summed E-state index contributed by atoms with van der Waals surface area (Å²) in [4.78, 5) is 26.8. The molecule has 0 spiro atoms. The van der Waals surface area contributed by atoms with E-state index in [0.717, 1.165) is 22.3 Å². The molecular weight excluding hydrogens is 479 g/mol. The van der Waals surface area contributed by atoms with Crippen LogP contribution in [0.2, 0.25) is 0 Å². The fraction of sp³-hybridized carbons (Fsp3) is 0.290. The van der Waals surface area contributed by atoms with Crippen molar-refractivity contribution < 1.29 is 14.0 Å². The van der Waals surface area contributed by atoms with E-state index in [-0.39, 0.29) is 29.7 Å². The van der Waals surface area contributed by atoms with E-state index in [4.69, 9.17) is 0 Å². The smallest absolute Gasteiger partial charge is 0.262 e. The predicted molar refractivity (Wildman–Crippen MR) is 150 cm³/mol. The fourth-order valence-corrected chi connectivity index (χ4v) is 5.40. The highest BCUT2D eigenvalue weighted by Gasteiger charge is 2.24. The molecule has 38 heavy (non-hydrogen) atoms. The van der Waals surface area contributed by atoms with Crippen LogP contribution < -0.4 is 15.5 Å². The first-order chi connectivity index (χ1) is 18.2. The van der Waals surface area contributed by atoms with Crippen molar-refractivity contribution in [1.29, 1.82) is 0 Å². The van der Waals surface area contributed by atoms with Crippen LogP contribution in [0.5, 0.6) is 0 Å². The first-order valence-electron chi connectivity index (χ1n) is 13.0. The molecule has 0 bridgehead atoms. The van der Waals surface area contributed by atoms with Gasteiger partial charge in [0.1, 0.15) is 5.82 Å². The number of carbonyl (C=O) groups is 2. The Morgan fingerprint density at radius 3 is 2.37 bits per heavy atom. The third-order valence-electron chi connectivity index (χ3n) is 7.15. The zero-order chi connectivity index (χ0) is 27.0. The van der Waals surface area contributed by atoms with Gasteiger partial charge in [-0.15, -0.1) is 0 Å². The Hall–Kier alpha value is -3.97. The van der Waals surface area contributed by atoms with E-state index in [1.165, 1.54) is 13.0 Å². The van der Waals surface area contributed by atoms with E-state index in [0.29, 0.717) is 41.8 Å². The lowest BCUT2D eigenvalue weighted by molar-refractivity contribution is -0.119. The summed E-state index contributed by atoms with van der Waals surface area (Å²) in [5.74, 6) is -0.489. The quantitative estimate of drug-likeness (QED) is 0.383. The number of aryl methyl sites for hydroxylation is 1. The highest BCUT2D eigenvalue weighted by Crippen LogP contribution is 2.30. The number of benzene rings is 3. The molecule has 0 unspecified atom stereocenters. The number of hydrogen-bond acceptors (Lipinski definition) is 4. The van der Waals surface area contributed by atoms with Gasteiger partial charge in [0.05, 0.1) is 11.2 Å². The second-order valence-corrected chi connectivity index (χ2v) is 10.4. The van der Waals surface area contributed by atoms with Crippen LogP contribution in [-0.2, 0) is 11.3 Å². The number of anilines is 1. The van der Waals surface area contributed by atoms with Crippen LogP contribution in [0.1, 0.15) is 42.3 Å². The fourth-order valence-electron chi connectivity index (χ4n) is 5.40. The normalized spacial score (nSPS) is 17.6. The lowest BCUT2D eigenvalue weighted by Crippen LogP contribution is -2.54. The number of halogens is 1. The monoisotopic (exact) mass is 512 g/mol. The number of amides is 1. The zero-order valence-electron chi connectivity index (χ0n) is 22.2. The van der Waals surface area contributed by atoms with Crippen molar-refractivity contribution in [3.05, 3.63) is 89.4 Å². The standard InChI is InChI=1S/C31H33FN4O2/c1-19-13-23(16-33-22(4)37)5-10-27(19)24-6-8-25(9-7-24)31(38)36-12-11-26-14-28(32)30(15-29(26)36)35-17-20(2)34-21(3)18-35/h5-15,20-21,34H,16-18H2,1-4H3,(H,33,37)/t20-,21+. The van der Waals surface area contributed by atoms with E-state index >= 15 is 4.39 Å². The van der Waals surface area contributed by atoms with Crippen molar-refractivity contribution in [1.82, 2.24) is 15.2 Å². The maximum Gasteiger partial charge on any atom is 0.262 e. The summed E-state index contributed by atoms with van der Waals surface area (Å²) in [7, 11) is 0. The van der Waals surface area contributed by atoms with Gasteiger partial charge in [-0.25, -0.2) is 4.39 Å². The maximum atomic E-state index is 15.1. The van der Waals surface area contributed by atoms with Crippen molar-refractivity contribution in [2.75, 3.05) is 18.0 Å². The van der Waals surface area contributed by atoms with Crippen LogP contribution in [0, 0.1) is 12.7 Å². The molecule has 0 radical (unpaired) electrons. The summed E-state index contributed by atoms with van der Waals surface area (Å²) in [6, 6.07) is 19.3. The number of fused-ring (bicyclic) bond motifs is 1. The largest absolute Gasteiger partial charge is 0.366 e. The van der Waals surface area contributed by atoms with Gasteiger partial charge in [0.25, 0.3) is 5.91 Å². The van der Waals surface area contributed by atoms with E-state index in [1.54, 1.807) is 22.9 Å². The molecule has 2 heterocycles. The Bertz CT molecular complexity index is 1500. The van der Waals surface area contributed by atoms with Gasteiger partial charge in [0, 0.05) is 55.8 Å². The number of piperazine rings is 1. The van der Waals surface area contributed by atoms with Crippen molar-refractivity contribution in [3.8, 4) is 11.1 Å². The first kappa shape index (κ1) is 25.7.